The standard InChI is InChI=1S/C15H20BrN3O2/c16-14-4-3-12(10-17-14)15(20)19-7-5-18(6-8-19)11-13-2-1-9-21-13/h3-4,10,13H,1-2,5-9,11H2. The van der Waals surface area contributed by atoms with Gasteiger partial charge in [-0.3, -0.25) is 9.69 Å². The molecule has 2 aliphatic rings. The maximum atomic E-state index is 12.4. The average Bonchev–Trinajstić information content (AvgIpc) is 3.01. The van der Waals surface area contributed by atoms with Gasteiger partial charge in [0.25, 0.3) is 5.91 Å². The molecule has 114 valence electrons. The number of hydrogen-bond acceptors (Lipinski definition) is 4. The second-order valence-corrected chi connectivity index (χ2v) is 6.41. The van der Waals surface area contributed by atoms with Crippen molar-refractivity contribution in [1.29, 1.82) is 0 Å². The highest BCUT2D eigenvalue weighted by molar-refractivity contribution is 9.10. The average molecular weight is 354 g/mol. The zero-order valence-corrected chi connectivity index (χ0v) is 13.6. The van der Waals surface area contributed by atoms with E-state index in [0.29, 0.717) is 11.7 Å². The van der Waals surface area contributed by atoms with Crippen LogP contribution in [0.1, 0.15) is 23.2 Å². The van der Waals surface area contributed by atoms with Crippen molar-refractivity contribution in [3.05, 3.63) is 28.5 Å². The third kappa shape index (κ3) is 3.81. The Morgan fingerprint density at radius 2 is 2.14 bits per heavy atom. The highest BCUT2D eigenvalue weighted by atomic mass is 79.9. The molecular formula is C15H20BrN3O2. The van der Waals surface area contributed by atoms with Crippen molar-refractivity contribution >= 4 is 21.8 Å². The second kappa shape index (κ2) is 6.85. The van der Waals surface area contributed by atoms with Gasteiger partial charge in [0, 0.05) is 45.5 Å². The van der Waals surface area contributed by atoms with E-state index >= 15 is 0 Å². The normalized spacial score (nSPS) is 23.5. The molecule has 3 rings (SSSR count). The lowest BCUT2D eigenvalue weighted by Crippen LogP contribution is -2.50. The maximum absolute atomic E-state index is 12.4. The lowest BCUT2D eigenvalue weighted by Gasteiger charge is -2.35. The summed E-state index contributed by atoms with van der Waals surface area (Å²) in [5, 5.41) is 0. The zero-order valence-electron chi connectivity index (χ0n) is 12.0. The number of rotatable bonds is 3. The summed E-state index contributed by atoms with van der Waals surface area (Å²) in [6.07, 6.45) is 4.37. The maximum Gasteiger partial charge on any atom is 0.255 e. The van der Waals surface area contributed by atoms with Crippen molar-refractivity contribution < 1.29 is 9.53 Å². The van der Waals surface area contributed by atoms with Gasteiger partial charge in [-0.2, -0.15) is 0 Å². The van der Waals surface area contributed by atoms with Crippen molar-refractivity contribution in [2.24, 2.45) is 0 Å². The first kappa shape index (κ1) is 14.9. The molecule has 0 bridgehead atoms. The Morgan fingerprint density at radius 1 is 1.33 bits per heavy atom. The van der Waals surface area contributed by atoms with Crippen molar-refractivity contribution in [2.75, 3.05) is 39.3 Å². The highest BCUT2D eigenvalue weighted by Gasteiger charge is 2.25. The largest absolute Gasteiger partial charge is 0.377 e. The molecule has 1 unspecified atom stereocenters. The van der Waals surface area contributed by atoms with Crippen LogP contribution in [-0.4, -0.2) is 66.1 Å². The Bertz CT molecular complexity index is 480. The minimum Gasteiger partial charge on any atom is -0.377 e. The van der Waals surface area contributed by atoms with E-state index in [0.717, 1.165) is 43.9 Å². The summed E-state index contributed by atoms with van der Waals surface area (Å²) in [5.74, 6) is 0.0757. The van der Waals surface area contributed by atoms with E-state index in [1.165, 1.54) is 12.8 Å². The van der Waals surface area contributed by atoms with Gasteiger partial charge in [0.05, 0.1) is 11.7 Å². The Kier molecular flexibility index (Phi) is 4.87. The first-order chi connectivity index (χ1) is 10.2. The summed E-state index contributed by atoms with van der Waals surface area (Å²) in [7, 11) is 0. The molecule has 0 aliphatic carbocycles. The van der Waals surface area contributed by atoms with E-state index in [2.05, 4.69) is 25.8 Å². The van der Waals surface area contributed by atoms with Crippen molar-refractivity contribution in [3.63, 3.8) is 0 Å². The Balaban J connectivity index is 1.50. The lowest BCUT2D eigenvalue weighted by molar-refractivity contribution is 0.0432. The molecule has 21 heavy (non-hydrogen) atoms. The molecule has 1 atom stereocenters. The van der Waals surface area contributed by atoms with E-state index in [1.807, 2.05) is 11.0 Å². The van der Waals surface area contributed by atoms with Gasteiger partial charge in [-0.05, 0) is 40.9 Å². The molecule has 0 spiro atoms. The van der Waals surface area contributed by atoms with Crippen molar-refractivity contribution in [1.82, 2.24) is 14.8 Å². The van der Waals surface area contributed by atoms with Gasteiger partial charge in [0.2, 0.25) is 0 Å². The second-order valence-electron chi connectivity index (χ2n) is 5.60. The van der Waals surface area contributed by atoms with Crippen molar-refractivity contribution in [3.8, 4) is 0 Å². The minimum absolute atomic E-state index is 0.0757. The number of piperazine rings is 1. The molecule has 0 saturated carbocycles. The van der Waals surface area contributed by atoms with Crippen LogP contribution < -0.4 is 0 Å². The van der Waals surface area contributed by atoms with E-state index in [4.69, 9.17) is 4.74 Å². The molecule has 0 radical (unpaired) electrons. The number of halogens is 1. The van der Waals surface area contributed by atoms with Crippen LogP contribution in [-0.2, 0) is 4.74 Å². The molecular weight excluding hydrogens is 334 g/mol. The Labute approximate surface area is 133 Å². The molecule has 3 heterocycles. The third-order valence-corrected chi connectivity index (χ3v) is 4.59. The highest BCUT2D eigenvalue weighted by Crippen LogP contribution is 2.15. The number of carbonyl (C=O) groups is 1. The van der Waals surface area contributed by atoms with Crippen LogP contribution in [0.25, 0.3) is 0 Å². The van der Waals surface area contributed by atoms with Gasteiger partial charge >= 0.3 is 0 Å². The number of carbonyl (C=O) groups excluding carboxylic acids is 1. The number of hydrogen-bond donors (Lipinski definition) is 0. The van der Waals surface area contributed by atoms with Gasteiger partial charge in [-0.15, -0.1) is 0 Å². The molecule has 0 N–H and O–H groups in total. The van der Waals surface area contributed by atoms with E-state index < -0.39 is 0 Å². The van der Waals surface area contributed by atoms with Gasteiger partial charge in [-0.1, -0.05) is 0 Å². The summed E-state index contributed by atoms with van der Waals surface area (Å²) in [5.41, 5.74) is 0.658. The number of amides is 1. The Hall–Kier alpha value is -0.980. The summed E-state index contributed by atoms with van der Waals surface area (Å²) >= 11 is 3.29. The van der Waals surface area contributed by atoms with Crippen LogP contribution >= 0.6 is 15.9 Å². The third-order valence-electron chi connectivity index (χ3n) is 4.12. The number of aromatic nitrogens is 1. The Morgan fingerprint density at radius 3 is 2.76 bits per heavy atom. The SMILES string of the molecule is O=C(c1ccc(Br)nc1)N1CCN(CC2CCCO2)CC1. The molecule has 2 aliphatic heterocycles. The summed E-state index contributed by atoms with van der Waals surface area (Å²) < 4.78 is 6.43. The topological polar surface area (TPSA) is 45.7 Å². The van der Waals surface area contributed by atoms with Crippen LogP contribution in [0.15, 0.2) is 22.9 Å². The molecule has 1 aromatic rings. The number of ether oxygens (including phenoxy) is 1. The molecule has 5 nitrogen and oxygen atoms in total. The molecule has 2 saturated heterocycles. The minimum atomic E-state index is 0.0757. The monoisotopic (exact) mass is 353 g/mol. The zero-order chi connectivity index (χ0) is 14.7. The molecule has 1 amide bonds. The smallest absolute Gasteiger partial charge is 0.255 e. The fourth-order valence-electron chi connectivity index (χ4n) is 2.89. The quantitative estimate of drug-likeness (QED) is 0.777. The lowest BCUT2D eigenvalue weighted by atomic mass is 10.2. The predicted octanol–water partition coefficient (Wildman–Crippen LogP) is 1.78. The molecule has 2 fully saturated rings. The fourth-order valence-corrected chi connectivity index (χ4v) is 3.13. The summed E-state index contributed by atoms with van der Waals surface area (Å²) in [4.78, 5) is 20.8. The van der Waals surface area contributed by atoms with Crippen LogP contribution in [0.3, 0.4) is 0 Å². The fraction of sp³-hybridized carbons (Fsp3) is 0.600. The number of nitrogens with zero attached hydrogens (tertiary/aromatic N) is 3. The van der Waals surface area contributed by atoms with Crippen LogP contribution in [0.4, 0.5) is 0 Å². The molecule has 1 aromatic heterocycles. The van der Waals surface area contributed by atoms with E-state index in [1.54, 1.807) is 12.3 Å². The summed E-state index contributed by atoms with van der Waals surface area (Å²) in [6, 6.07) is 3.62. The van der Waals surface area contributed by atoms with Gasteiger partial charge < -0.3 is 9.64 Å². The van der Waals surface area contributed by atoms with Gasteiger partial charge in [-0.25, -0.2) is 4.98 Å². The van der Waals surface area contributed by atoms with Crippen LogP contribution in [0.5, 0.6) is 0 Å². The van der Waals surface area contributed by atoms with E-state index in [-0.39, 0.29) is 5.91 Å². The van der Waals surface area contributed by atoms with Crippen LogP contribution in [0, 0.1) is 0 Å². The first-order valence-corrected chi connectivity index (χ1v) is 8.26. The van der Waals surface area contributed by atoms with Gasteiger partial charge in [0.1, 0.15) is 4.60 Å². The summed E-state index contributed by atoms with van der Waals surface area (Å²) in [6.45, 7) is 5.32. The first-order valence-electron chi connectivity index (χ1n) is 7.47. The van der Waals surface area contributed by atoms with Crippen molar-refractivity contribution in [2.45, 2.75) is 18.9 Å². The van der Waals surface area contributed by atoms with Gasteiger partial charge in [0.15, 0.2) is 0 Å². The predicted molar refractivity (Wildman–Crippen MR) is 83.3 cm³/mol. The van der Waals surface area contributed by atoms with Crippen LogP contribution in [0.2, 0.25) is 0 Å². The number of pyridine rings is 1. The molecule has 0 aromatic carbocycles. The van der Waals surface area contributed by atoms with E-state index in [9.17, 15) is 4.79 Å². The molecule has 6 heteroatoms.